The summed E-state index contributed by atoms with van der Waals surface area (Å²) < 4.78 is 0. The summed E-state index contributed by atoms with van der Waals surface area (Å²) in [5, 5.41) is 10.9. The average Bonchev–Trinajstić information content (AvgIpc) is 2.03. The second kappa shape index (κ2) is 2.96. The summed E-state index contributed by atoms with van der Waals surface area (Å²) in [6.45, 7) is 0. The number of nitrogen functional groups attached to an aromatic ring is 2. The van der Waals surface area contributed by atoms with E-state index in [4.69, 9.17) is 16.7 Å². The lowest BCUT2D eigenvalue weighted by atomic mass is 10.4. The molecule has 0 bridgehead atoms. The molecule has 0 aliphatic heterocycles. The van der Waals surface area contributed by atoms with E-state index in [1.54, 1.807) is 5.48 Å². The van der Waals surface area contributed by atoms with Crippen molar-refractivity contribution in [3.8, 4) is 0 Å². The first-order valence-corrected chi connectivity index (χ1v) is 2.85. The zero-order valence-corrected chi connectivity index (χ0v) is 5.85. The molecule has 0 amide bonds. The summed E-state index contributed by atoms with van der Waals surface area (Å²) in [7, 11) is 0. The van der Waals surface area contributed by atoms with E-state index in [-0.39, 0.29) is 23.3 Å². The first-order valence-electron chi connectivity index (χ1n) is 2.85. The van der Waals surface area contributed by atoms with E-state index in [9.17, 15) is 4.91 Å². The highest BCUT2D eigenvalue weighted by Gasteiger charge is 2.08. The van der Waals surface area contributed by atoms with E-state index < -0.39 is 0 Å². The number of aromatic nitrogens is 2. The summed E-state index contributed by atoms with van der Waals surface area (Å²) in [6, 6.07) is 0. The van der Waals surface area contributed by atoms with Crippen LogP contribution >= 0.6 is 0 Å². The van der Waals surface area contributed by atoms with Crippen LogP contribution in [0.5, 0.6) is 0 Å². The third-order valence-electron chi connectivity index (χ3n) is 1.15. The third-order valence-corrected chi connectivity index (χ3v) is 1.15. The van der Waals surface area contributed by atoms with Crippen LogP contribution in [0.4, 0.5) is 23.3 Å². The standard InChI is InChI=1S/C4H6N6O2/c5-2-1(9-11)3(6)8-4(7-2)10-12/h9,11H,(H4,5,6,7,8). The molecule has 1 aromatic heterocycles. The molecule has 0 saturated carbocycles. The Morgan fingerprint density at radius 2 is 1.83 bits per heavy atom. The van der Waals surface area contributed by atoms with Gasteiger partial charge in [0.2, 0.25) is 0 Å². The molecule has 12 heavy (non-hydrogen) atoms. The van der Waals surface area contributed by atoms with Crippen molar-refractivity contribution in [3.63, 3.8) is 0 Å². The Bertz CT molecular complexity index is 289. The van der Waals surface area contributed by atoms with Crippen molar-refractivity contribution in [3.05, 3.63) is 4.91 Å². The maximum absolute atomic E-state index is 9.94. The van der Waals surface area contributed by atoms with Crippen LogP contribution in [0.15, 0.2) is 5.18 Å². The van der Waals surface area contributed by atoms with Crippen molar-refractivity contribution in [1.29, 1.82) is 0 Å². The lowest BCUT2D eigenvalue weighted by molar-refractivity contribution is 0.389. The van der Waals surface area contributed by atoms with Gasteiger partial charge in [0.15, 0.2) is 11.6 Å². The van der Waals surface area contributed by atoms with Gasteiger partial charge in [0, 0.05) is 5.18 Å². The molecule has 0 unspecified atom stereocenters. The Morgan fingerprint density at radius 3 is 2.17 bits per heavy atom. The molecule has 1 rings (SSSR count). The van der Waals surface area contributed by atoms with Gasteiger partial charge in [0.25, 0.3) is 5.95 Å². The summed E-state index contributed by atoms with van der Waals surface area (Å²) in [5.41, 5.74) is 12.2. The van der Waals surface area contributed by atoms with Crippen molar-refractivity contribution in [2.24, 2.45) is 5.18 Å². The largest absolute Gasteiger partial charge is 0.382 e. The molecule has 0 aliphatic carbocycles. The molecule has 8 heteroatoms. The predicted octanol–water partition coefficient (Wildman–Crippen LogP) is -0.160. The minimum absolute atomic E-state index is 0.0394. The number of hydrogen-bond acceptors (Lipinski definition) is 8. The number of anilines is 3. The number of nitrogens with one attached hydrogen (secondary N) is 1. The molecule has 6 N–H and O–H groups in total. The Hall–Kier alpha value is -1.96. The second-order valence-corrected chi connectivity index (χ2v) is 1.87. The summed E-state index contributed by atoms with van der Waals surface area (Å²) in [4.78, 5) is 16.8. The molecule has 8 nitrogen and oxygen atoms in total. The van der Waals surface area contributed by atoms with E-state index in [0.29, 0.717) is 0 Å². The molecule has 1 heterocycles. The second-order valence-electron chi connectivity index (χ2n) is 1.87. The summed E-state index contributed by atoms with van der Waals surface area (Å²) >= 11 is 0. The number of hydrogen-bond donors (Lipinski definition) is 4. The maximum atomic E-state index is 9.94. The van der Waals surface area contributed by atoms with Crippen molar-refractivity contribution in [1.82, 2.24) is 9.97 Å². The van der Waals surface area contributed by atoms with Crippen molar-refractivity contribution in [2.75, 3.05) is 16.9 Å². The van der Waals surface area contributed by atoms with Crippen LogP contribution in [0.1, 0.15) is 0 Å². The highest BCUT2D eigenvalue weighted by molar-refractivity contribution is 5.73. The quantitative estimate of drug-likeness (QED) is 0.357. The molecule has 0 aliphatic rings. The van der Waals surface area contributed by atoms with Crippen molar-refractivity contribution < 1.29 is 5.21 Å². The highest BCUT2D eigenvalue weighted by Crippen LogP contribution is 2.23. The van der Waals surface area contributed by atoms with E-state index >= 15 is 0 Å². The lowest BCUT2D eigenvalue weighted by Gasteiger charge is -2.04. The van der Waals surface area contributed by atoms with Gasteiger partial charge in [-0.25, -0.2) is 0 Å². The molecule has 0 fully saturated rings. The minimum Gasteiger partial charge on any atom is -0.382 e. The fourth-order valence-electron chi connectivity index (χ4n) is 0.639. The van der Waals surface area contributed by atoms with Gasteiger partial charge >= 0.3 is 0 Å². The smallest absolute Gasteiger partial charge is 0.295 e. The monoisotopic (exact) mass is 170 g/mol. The number of nitroso groups, excluding NO2 is 1. The van der Waals surface area contributed by atoms with Gasteiger partial charge in [-0.15, -0.1) is 4.91 Å². The minimum atomic E-state index is -0.371. The Morgan fingerprint density at radius 1 is 1.33 bits per heavy atom. The van der Waals surface area contributed by atoms with Gasteiger partial charge in [-0.2, -0.15) is 9.97 Å². The van der Waals surface area contributed by atoms with Crippen LogP contribution in [0.2, 0.25) is 0 Å². The van der Waals surface area contributed by atoms with E-state index in [0.717, 1.165) is 0 Å². The predicted molar refractivity (Wildman–Crippen MR) is 41.7 cm³/mol. The van der Waals surface area contributed by atoms with Gasteiger partial charge < -0.3 is 11.5 Å². The Balaban J connectivity index is 3.27. The Kier molecular flexibility index (Phi) is 2.01. The fraction of sp³-hybridized carbons (Fsp3) is 0. The van der Waals surface area contributed by atoms with Gasteiger partial charge in [-0.05, 0) is 0 Å². The van der Waals surface area contributed by atoms with Crippen LogP contribution in [-0.4, -0.2) is 15.2 Å². The zero-order valence-electron chi connectivity index (χ0n) is 5.85. The molecule has 0 atom stereocenters. The van der Waals surface area contributed by atoms with Gasteiger partial charge in [-0.3, -0.25) is 10.7 Å². The summed E-state index contributed by atoms with van der Waals surface area (Å²) in [5.74, 6) is -0.650. The molecule has 64 valence electrons. The van der Waals surface area contributed by atoms with E-state index in [1.807, 2.05) is 0 Å². The van der Waals surface area contributed by atoms with Crippen LogP contribution in [0, 0.1) is 4.91 Å². The summed E-state index contributed by atoms with van der Waals surface area (Å²) in [6.07, 6.45) is 0. The Labute approximate surface area is 66.5 Å². The molecular formula is C4H6N6O2. The molecule has 0 spiro atoms. The van der Waals surface area contributed by atoms with Crippen LogP contribution in [0.3, 0.4) is 0 Å². The number of nitrogens with two attached hydrogens (primary N) is 2. The fourth-order valence-corrected chi connectivity index (χ4v) is 0.639. The SMILES string of the molecule is Nc1nc(N=O)nc(N)c1NO. The normalized spacial score (nSPS) is 9.42. The molecule has 0 aromatic carbocycles. The van der Waals surface area contributed by atoms with Gasteiger partial charge in [0.1, 0.15) is 5.69 Å². The third kappa shape index (κ3) is 1.22. The van der Waals surface area contributed by atoms with E-state index in [2.05, 4.69) is 15.1 Å². The highest BCUT2D eigenvalue weighted by atomic mass is 16.5. The molecule has 0 saturated heterocycles. The van der Waals surface area contributed by atoms with Crippen LogP contribution in [-0.2, 0) is 0 Å². The first-order chi connectivity index (χ1) is 5.69. The average molecular weight is 170 g/mol. The molecule has 1 aromatic rings. The van der Waals surface area contributed by atoms with Crippen molar-refractivity contribution >= 4 is 23.3 Å². The molecule has 0 radical (unpaired) electrons. The van der Waals surface area contributed by atoms with Gasteiger partial charge in [-0.1, -0.05) is 0 Å². The van der Waals surface area contributed by atoms with Crippen molar-refractivity contribution in [2.45, 2.75) is 0 Å². The lowest BCUT2D eigenvalue weighted by Crippen LogP contribution is -2.05. The first kappa shape index (κ1) is 8.14. The van der Waals surface area contributed by atoms with E-state index in [1.165, 1.54) is 0 Å². The van der Waals surface area contributed by atoms with Crippen LogP contribution in [0.25, 0.3) is 0 Å². The zero-order chi connectivity index (χ0) is 9.14. The topological polar surface area (TPSA) is 140 Å². The van der Waals surface area contributed by atoms with Crippen LogP contribution < -0.4 is 16.9 Å². The number of rotatable bonds is 2. The molecular weight excluding hydrogens is 164 g/mol. The number of nitrogens with zero attached hydrogens (tertiary/aromatic N) is 3. The van der Waals surface area contributed by atoms with Gasteiger partial charge in [0.05, 0.1) is 0 Å². The maximum Gasteiger partial charge on any atom is 0.295 e.